The molecule has 0 radical (unpaired) electrons. The van der Waals surface area contributed by atoms with Crippen LogP contribution in [0, 0.1) is 0 Å². The molecule has 3 nitrogen and oxygen atoms in total. The number of nitrogens with one attached hydrogen (secondary N) is 1. The van der Waals surface area contributed by atoms with Gasteiger partial charge in [0.15, 0.2) is 0 Å². The first-order chi connectivity index (χ1) is 13.6. The zero-order valence-electron chi connectivity index (χ0n) is 15.8. The van der Waals surface area contributed by atoms with Gasteiger partial charge in [0.1, 0.15) is 0 Å². The molecule has 1 aromatic heterocycles. The highest BCUT2D eigenvalue weighted by Crippen LogP contribution is 2.45. The molecule has 28 heavy (non-hydrogen) atoms. The number of benzene rings is 3. The summed E-state index contributed by atoms with van der Waals surface area (Å²) >= 11 is 1.82. The molecule has 0 amide bonds. The second kappa shape index (κ2) is 6.57. The summed E-state index contributed by atoms with van der Waals surface area (Å²) in [6.45, 7) is 4.05. The third kappa shape index (κ3) is 2.72. The minimum atomic E-state index is -0.0560. The number of hydrogen-bond acceptors (Lipinski definition) is 2. The second-order valence-electron chi connectivity index (χ2n) is 7.32. The normalized spacial score (nSPS) is 12.9. The average molecular weight is 385 g/mol. The van der Waals surface area contributed by atoms with Crippen LogP contribution in [-0.4, -0.2) is 9.55 Å². The van der Waals surface area contributed by atoms with Crippen LogP contribution >= 0.6 is 11.8 Å². The summed E-state index contributed by atoms with van der Waals surface area (Å²) < 4.78 is 1.80. The Morgan fingerprint density at radius 2 is 1.57 bits per heavy atom. The Hall–Kier alpha value is -2.98. The van der Waals surface area contributed by atoms with Gasteiger partial charge < -0.3 is 4.98 Å². The van der Waals surface area contributed by atoms with Crippen LogP contribution in [0.3, 0.4) is 0 Å². The van der Waals surface area contributed by atoms with Gasteiger partial charge in [0.25, 0.3) is 0 Å². The molecule has 0 saturated carbocycles. The van der Waals surface area contributed by atoms with Crippen LogP contribution in [0.15, 0.2) is 81.3 Å². The molecular formula is C24H20N2OS. The number of nitrogens with zero attached hydrogens (tertiary/aromatic N) is 1. The molecule has 1 aliphatic rings. The van der Waals surface area contributed by atoms with E-state index in [0.29, 0.717) is 0 Å². The smallest absolute Gasteiger partial charge is 0.306 e. The van der Waals surface area contributed by atoms with Gasteiger partial charge in [0.05, 0.1) is 11.0 Å². The molecule has 138 valence electrons. The van der Waals surface area contributed by atoms with E-state index in [0.717, 1.165) is 16.6 Å². The van der Waals surface area contributed by atoms with Crippen LogP contribution in [0.1, 0.15) is 36.6 Å². The number of H-pyrrole nitrogens is 1. The Kier molecular flexibility index (Phi) is 4.02. The van der Waals surface area contributed by atoms with Crippen molar-refractivity contribution in [2.45, 2.75) is 29.7 Å². The molecule has 1 aliphatic heterocycles. The lowest BCUT2D eigenvalue weighted by atomic mass is 9.95. The van der Waals surface area contributed by atoms with Crippen LogP contribution in [0.5, 0.6) is 0 Å². The number of hydrogen-bond donors (Lipinski definition) is 1. The fourth-order valence-electron chi connectivity index (χ4n) is 3.89. The average Bonchev–Trinajstić information content (AvgIpc) is 3.03. The van der Waals surface area contributed by atoms with Gasteiger partial charge >= 0.3 is 5.69 Å². The summed E-state index contributed by atoms with van der Waals surface area (Å²) in [6.07, 6.45) is 2.22. The number of rotatable bonds is 2. The molecule has 0 aliphatic carbocycles. The Morgan fingerprint density at radius 1 is 0.929 bits per heavy atom. The molecule has 2 heterocycles. The molecule has 0 spiro atoms. The summed E-state index contributed by atoms with van der Waals surface area (Å²) in [5.41, 5.74) is 6.56. The molecular weight excluding hydrogens is 364 g/mol. The van der Waals surface area contributed by atoms with E-state index in [1.807, 2.05) is 31.7 Å². The summed E-state index contributed by atoms with van der Waals surface area (Å²) in [5, 5.41) is 0. The van der Waals surface area contributed by atoms with E-state index >= 15 is 0 Å². The van der Waals surface area contributed by atoms with Gasteiger partial charge in [-0.15, -0.1) is 0 Å². The first-order valence-corrected chi connectivity index (χ1v) is 10.3. The maximum atomic E-state index is 12.3. The van der Waals surface area contributed by atoms with E-state index in [-0.39, 0.29) is 11.7 Å². The second-order valence-corrected chi connectivity index (χ2v) is 8.41. The molecule has 4 heteroatoms. The quantitative estimate of drug-likeness (QED) is 0.407. The van der Waals surface area contributed by atoms with Crippen molar-refractivity contribution in [1.82, 2.24) is 9.55 Å². The Morgan fingerprint density at radius 3 is 2.21 bits per heavy atom. The van der Waals surface area contributed by atoms with Crippen LogP contribution in [0.4, 0.5) is 0 Å². The van der Waals surface area contributed by atoms with Crippen molar-refractivity contribution < 1.29 is 0 Å². The molecule has 1 N–H and O–H groups in total. The number of aromatic amines is 1. The highest BCUT2D eigenvalue weighted by atomic mass is 32.2. The standard InChI is InChI=1S/C24H20N2OS/c1-15(2)26-21-12-11-16(14-20(21)25-24(26)27)13-19-17-7-3-5-9-22(17)28-23-10-6-4-8-18(19)23/h3-15H,1-2H3,(H,25,27). The lowest BCUT2D eigenvalue weighted by Crippen LogP contribution is -2.18. The molecule has 0 unspecified atom stereocenters. The van der Waals surface area contributed by atoms with Crippen LogP contribution < -0.4 is 5.69 Å². The SMILES string of the molecule is CC(C)n1c(=O)[nH]c2cc(C=C3c4ccccc4Sc4ccccc43)ccc21. The minimum absolute atomic E-state index is 0.0560. The van der Waals surface area contributed by atoms with E-state index < -0.39 is 0 Å². The minimum Gasteiger partial charge on any atom is -0.306 e. The van der Waals surface area contributed by atoms with Crippen molar-refractivity contribution >= 4 is 34.4 Å². The molecule has 0 atom stereocenters. The van der Waals surface area contributed by atoms with Crippen molar-refractivity contribution in [3.8, 4) is 0 Å². The molecule has 0 bridgehead atoms. The largest absolute Gasteiger partial charge is 0.326 e. The van der Waals surface area contributed by atoms with Gasteiger partial charge in [-0.25, -0.2) is 4.79 Å². The van der Waals surface area contributed by atoms with Gasteiger partial charge in [0.2, 0.25) is 0 Å². The van der Waals surface area contributed by atoms with E-state index in [1.165, 1.54) is 26.5 Å². The predicted octanol–water partition coefficient (Wildman–Crippen LogP) is 5.96. The maximum Gasteiger partial charge on any atom is 0.326 e. The molecule has 0 saturated heterocycles. The van der Waals surface area contributed by atoms with Crippen molar-refractivity contribution in [2.75, 3.05) is 0 Å². The Bertz CT molecular complexity index is 1250. The molecule has 4 aromatic rings. The van der Waals surface area contributed by atoms with E-state index in [9.17, 15) is 4.79 Å². The fraction of sp³-hybridized carbons (Fsp3) is 0.125. The first-order valence-electron chi connectivity index (χ1n) is 9.44. The summed E-state index contributed by atoms with van der Waals surface area (Å²) in [5.74, 6) is 0. The molecule has 0 fully saturated rings. The van der Waals surface area contributed by atoms with Crippen molar-refractivity contribution in [3.05, 3.63) is 93.9 Å². The maximum absolute atomic E-state index is 12.3. The van der Waals surface area contributed by atoms with Crippen molar-refractivity contribution in [2.24, 2.45) is 0 Å². The fourth-order valence-corrected chi connectivity index (χ4v) is 5.00. The van der Waals surface area contributed by atoms with Crippen molar-refractivity contribution in [1.29, 1.82) is 0 Å². The predicted molar refractivity (Wildman–Crippen MR) is 117 cm³/mol. The van der Waals surface area contributed by atoms with Gasteiger partial charge in [-0.2, -0.15) is 0 Å². The number of fused-ring (bicyclic) bond motifs is 3. The zero-order valence-corrected chi connectivity index (χ0v) is 16.6. The van der Waals surface area contributed by atoms with Crippen molar-refractivity contribution in [3.63, 3.8) is 0 Å². The van der Waals surface area contributed by atoms with E-state index in [1.54, 1.807) is 4.57 Å². The molecule has 3 aromatic carbocycles. The van der Waals surface area contributed by atoms with Gasteiger partial charge in [-0.1, -0.05) is 54.2 Å². The van der Waals surface area contributed by atoms with E-state index in [2.05, 4.69) is 71.7 Å². The van der Waals surface area contributed by atoms with Gasteiger partial charge in [-0.05, 0) is 66.5 Å². The van der Waals surface area contributed by atoms with Crippen LogP contribution in [-0.2, 0) is 0 Å². The topological polar surface area (TPSA) is 37.8 Å². The summed E-state index contributed by atoms with van der Waals surface area (Å²) in [6, 6.07) is 23.4. The highest BCUT2D eigenvalue weighted by Gasteiger charge is 2.20. The third-order valence-electron chi connectivity index (χ3n) is 5.14. The van der Waals surface area contributed by atoms with E-state index in [4.69, 9.17) is 0 Å². The Labute approximate surface area is 167 Å². The number of aromatic nitrogens is 2. The molecule has 5 rings (SSSR count). The number of imidazole rings is 1. The Balaban J connectivity index is 1.70. The van der Waals surface area contributed by atoms with Crippen LogP contribution in [0.2, 0.25) is 0 Å². The summed E-state index contributed by atoms with van der Waals surface area (Å²) in [7, 11) is 0. The highest BCUT2D eigenvalue weighted by molar-refractivity contribution is 7.99. The summed E-state index contributed by atoms with van der Waals surface area (Å²) in [4.78, 5) is 17.8. The van der Waals surface area contributed by atoms with Gasteiger partial charge in [-0.3, -0.25) is 4.57 Å². The monoisotopic (exact) mass is 384 g/mol. The lowest BCUT2D eigenvalue weighted by Gasteiger charge is -2.22. The zero-order chi connectivity index (χ0) is 19.3. The van der Waals surface area contributed by atoms with Crippen LogP contribution in [0.25, 0.3) is 22.7 Å². The lowest BCUT2D eigenvalue weighted by molar-refractivity contribution is 0.598. The van der Waals surface area contributed by atoms with Gasteiger partial charge in [0, 0.05) is 15.8 Å². The third-order valence-corrected chi connectivity index (χ3v) is 6.29. The first kappa shape index (κ1) is 17.1.